The maximum Gasteiger partial charge on any atom is 0.322 e. The van der Waals surface area contributed by atoms with Crippen molar-refractivity contribution in [3.63, 3.8) is 0 Å². The number of hydrogen-bond donors (Lipinski definition) is 4. The van der Waals surface area contributed by atoms with Crippen LogP contribution in [0.25, 0.3) is 0 Å². The van der Waals surface area contributed by atoms with Gasteiger partial charge in [0.15, 0.2) is 0 Å². The molecule has 0 bridgehead atoms. The monoisotopic (exact) mass is 586 g/mol. The summed E-state index contributed by atoms with van der Waals surface area (Å²) in [4.78, 5) is 46.4. The maximum atomic E-state index is 11.6. The first-order valence-corrected chi connectivity index (χ1v) is 12.8. The Morgan fingerprint density at radius 3 is 0.814 bits per heavy atom. The van der Waals surface area contributed by atoms with E-state index in [4.69, 9.17) is 41.9 Å². The second-order valence-electron chi connectivity index (χ2n) is 8.85. The van der Waals surface area contributed by atoms with Crippen molar-refractivity contribution in [2.45, 2.75) is 19.3 Å². The van der Waals surface area contributed by atoms with Gasteiger partial charge in [0.05, 0.1) is 12.8 Å². The average Bonchev–Trinajstić information content (AvgIpc) is 2.97. The van der Waals surface area contributed by atoms with E-state index in [2.05, 4.69) is 0 Å². The molecule has 0 fully saturated rings. The molecule has 0 aliphatic carbocycles. The lowest BCUT2D eigenvalue weighted by molar-refractivity contribution is -0.144. The number of ether oxygens (including phenoxy) is 4. The van der Waals surface area contributed by atoms with Gasteiger partial charge in [-0.25, -0.2) is 0 Å². The third-order valence-corrected chi connectivity index (χ3v) is 5.27. The normalized spacial score (nSPS) is 9.95. The quantitative estimate of drug-likeness (QED) is 0.0952. The summed E-state index contributed by atoms with van der Waals surface area (Å²) in [6.45, 7) is 0. The van der Waals surface area contributed by atoms with Crippen LogP contribution in [0.5, 0.6) is 23.0 Å². The minimum Gasteiger partial charge on any atom is -0.427 e. The van der Waals surface area contributed by atoms with Crippen LogP contribution in [0.2, 0.25) is 0 Å². The van der Waals surface area contributed by atoms with Crippen LogP contribution in [0.4, 0.5) is 22.7 Å². The summed E-state index contributed by atoms with van der Waals surface area (Å²) in [6, 6.07) is 25.4. The van der Waals surface area contributed by atoms with Gasteiger partial charge in [0.25, 0.3) is 0 Å². The number of nitrogens with two attached hydrogens (primary N) is 4. The van der Waals surface area contributed by atoms with E-state index >= 15 is 0 Å². The molecule has 0 aliphatic heterocycles. The number of hydrogen-bond acceptors (Lipinski definition) is 12. The molecule has 222 valence electrons. The van der Waals surface area contributed by atoms with Crippen LogP contribution < -0.4 is 41.9 Å². The molecule has 8 N–H and O–H groups in total. The minimum absolute atomic E-state index is 0.0712. The van der Waals surface area contributed by atoms with Crippen LogP contribution in [-0.4, -0.2) is 23.9 Å². The van der Waals surface area contributed by atoms with Crippen molar-refractivity contribution in [2.75, 3.05) is 22.9 Å². The highest BCUT2D eigenvalue weighted by atomic mass is 16.6. The van der Waals surface area contributed by atoms with Crippen molar-refractivity contribution >= 4 is 46.6 Å². The molecule has 0 saturated carbocycles. The molecule has 4 rings (SSSR count). The lowest BCUT2D eigenvalue weighted by Gasteiger charge is -2.06. The number of esters is 4. The number of benzene rings is 4. The van der Waals surface area contributed by atoms with Gasteiger partial charge in [-0.3, -0.25) is 19.2 Å². The molecule has 0 amide bonds. The van der Waals surface area contributed by atoms with E-state index in [9.17, 15) is 19.2 Å². The first kappa shape index (κ1) is 31.5. The van der Waals surface area contributed by atoms with Gasteiger partial charge in [-0.2, -0.15) is 0 Å². The topological polar surface area (TPSA) is 209 Å². The van der Waals surface area contributed by atoms with Crippen LogP contribution in [0, 0.1) is 0 Å². The first-order valence-electron chi connectivity index (χ1n) is 12.8. The fourth-order valence-corrected chi connectivity index (χ4v) is 3.17. The molecule has 12 nitrogen and oxygen atoms in total. The SMILES string of the molecule is Nc1ccc(OC(=O)CC(=O)Oc2ccc(N)cc2)cc1.Nc1ccc(OC(=O)CCC(=O)Oc2ccc(N)cc2)cc1. The number of anilines is 4. The highest BCUT2D eigenvalue weighted by Crippen LogP contribution is 2.17. The van der Waals surface area contributed by atoms with Gasteiger partial charge in [-0.15, -0.1) is 0 Å². The van der Waals surface area contributed by atoms with Gasteiger partial charge >= 0.3 is 23.9 Å². The Morgan fingerprint density at radius 1 is 0.372 bits per heavy atom. The lowest BCUT2D eigenvalue weighted by atomic mass is 10.3. The predicted molar refractivity (Wildman–Crippen MR) is 160 cm³/mol. The third kappa shape index (κ3) is 11.9. The van der Waals surface area contributed by atoms with Crippen molar-refractivity contribution in [3.05, 3.63) is 97.1 Å². The molecule has 0 radical (unpaired) electrons. The Morgan fingerprint density at radius 2 is 0.581 bits per heavy atom. The van der Waals surface area contributed by atoms with Crippen molar-refractivity contribution in [2.24, 2.45) is 0 Å². The van der Waals surface area contributed by atoms with E-state index in [1.165, 1.54) is 0 Å². The van der Waals surface area contributed by atoms with E-state index in [0.29, 0.717) is 45.7 Å². The summed E-state index contributed by atoms with van der Waals surface area (Å²) in [6.07, 6.45) is -0.634. The molecule has 4 aromatic carbocycles. The van der Waals surface area contributed by atoms with Crippen LogP contribution in [0.1, 0.15) is 19.3 Å². The minimum atomic E-state index is -0.708. The maximum absolute atomic E-state index is 11.6. The number of carbonyl (C=O) groups excluding carboxylic acids is 4. The molecule has 43 heavy (non-hydrogen) atoms. The van der Waals surface area contributed by atoms with Crippen molar-refractivity contribution in [1.29, 1.82) is 0 Å². The van der Waals surface area contributed by atoms with Gasteiger partial charge in [-0.1, -0.05) is 0 Å². The summed E-state index contributed by atoms with van der Waals surface area (Å²) >= 11 is 0. The van der Waals surface area contributed by atoms with Crippen LogP contribution in [-0.2, 0) is 19.2 Å². The van der Waals surface area contributed by atoms with E-state index < -0.39 is 30.3 Å². The summed E-state index contributed by atoms with van der Waals surface area (Å²) in [5.74, 6) is -1.06. The highest BCUT2D eigenvalue weighted by molar-refractivity contribution is 5.93. The van der Waals surface area contributed by atoms with Crippen LogP contribution >= 0.6 is 0 Å². The summed E-state index contributed by atoms with van der Waals surface area (Å²) in [5, 5.41) is 0. The molecule has 0 atom stereocenters. The van der Waals surface area contributed by atoms with Gasteiger partial charge in [0.2, 0.25) is 0 Å². The molecular formula is C31H30N4O8. The molecule has 4 aromatic rings. The smallest absolute Gasteiger partial charge is 0.322 e. The zero-order valence-corrected chi connectivity index (χ0v) is 22.9. The Bertz CT molecular complexity index is 1410. The Labute approximate surface area is 247 Å². The molecule has 0 unspecified atom stereocenters. The Balaban J connectivity index is 0.000000236. The zero-order chi connectivity index (χ0) is 31.2. The van der Waals surface area contributed by atoms with Gasteiger partial charge in [0.1, 0.15) is 29.4 Å². The highest BCUT2D eigenvalue weighted by Gasteiger charge is 2.14. The van der Waals surface area contributed by atoms with E-state index in [0.717, 1.165) is 0 Å². The number of nitrogen functional groups attached to an aromatic ring is 4. The predicted octanol–water partition coefficient (Wildman–Crippen LogP) is 3.89. The van der Waals surface area contributed by atoms with E-state index in [-0.39, 0.29) is 12.8 Å². The van der Waals surface area contributed by atoms with E-state index in [1.807, 2.05) is 0 Å². The third-order valence-electron chi connectivity index (χ3n) is 5.27. The van der Waals surface area contributed by atoms with Crippen LogP contribution in [0.15, 0.2) is 97.1 Å². The largest absolute Gasteiger partial charge is 0.427 e. The second kappa shape index (κ2) is 15.7. The second-order valence-corrected chi connectivity index (χ2v) is 8.85. The standard InChI is InChI=1S/C16H16N2O4.C15H14N2O4/c17-11-1-5-13(6-2-11)21-15(19)9-10-16(20)22-14-7-3-12(18)4-8-14;16-10-1-5-12(6-2-10)20-14(18)9-15(19)21-13-7-3-11(17)4-8-13/h1-8H,9-10,17-18H2;1-8H,9,16-17H2. The molecule has 12 heteroatoms. The van der Waals surface area contributed by atoms with Gasteiger partial charge in [-0.05, 0) is 97.1 Å². The molecule has 0 spiro atoms. The molecular weight excluding hydrogens is 556 g/mol. The number of rotatable bonds is 9. The summed E-state index contributed by atoms with van der Waals surface area (Å²) in [7, 11) is 0. The summed E-state index contributed by atoms with van der Waals surface area (Å²) in [5.41, 5.74) is 24.3. The van der Waals surface area contributed by atoms with Gasteiger partial charge < -0.3 is 41.9 Å². The summed E-state index contributed by atoms with van der Waals surface area (Å²) < 4.78 is 20.1. The molecule has 0 heterocycles. The Kier molecular flexibility index (Phi) is 11.5. The van der Waals surface area contributed by atoms with Crippen molar-refractivity contribution in [3.8, 4) is 23.0 Å². The van der Waals surface area contributed by atoms with Crippen molar-refractivity contribution < 1.29 is 38.1 Å². The first-order chi connectivity index (χ1) is 20.5. The number of carbonyl (C=O) groups is 4. The van der Waals surface area contributed by atoms with Crippen molar-refractivity contribution in [1.82, 2.24) is 0 Å². The lowest BCUT2D eigenvalue weighted by Crippen LogP contribution is -2.18. The van der Waals surface area contributed by atoms with E-state index in [1.54, 1.807) is 97.1 Å². The molecule has 0 aliphatic rings. The van der Waals surface area contributed by atoms with Gasteiger partial charge in [0, 0.05) is 22.7 Å². The molecule has 0 aromatic heterocycles. The van der Waals surface area contributed by atoms with Crippen LogP contribution in [0.3, 0.4) is 0 Å². The molecule has 0 saturated heterocycles. The fourth-order valence-electron chi connectivity index (χ4n) is 3.17. The Hall–Kier alpha value is -6.04. The average molecular weight is 587 g/mol. The fraction of sp³-hybridized carbons (Fsp3) is 0.0968. The zero-order valence-electron chi connectivity index (χ0n) is 22.9.